The molecule has 3 aromatic rings. The lowest BCUT2D eigenvalue weighted by Crippen LogP contribution is -1.90. The zero-order chi connectivity index (χ0) is 12.0. The number of aryl methyl sites for hydroxylation is 1. The Morgan fingerprint density at radius 2 is 1.94 bits per heavy atom. The van der Waals surface area contributed by atoms with Crippen LogP contribution in [0.5, 0.6) is 0 Å². The Labute approximate surface area is 104 Å². The molecule has 0 saturated heterocycles. The van der Waals surface area contributed by atoms with Gasteiger partial charge in [0.15, 0.2) is 5.78 Å². The average Bonchev–Trinajstić information content (AvgIpc) is 2.67. The summed E-state index contributed by atoms with van der Waals surface area (Å²) in [5, 5.41) is 2.49. The van der Waals surface area contributed by atoms with Crippen molar-refractivity contribution in [2.75, 3.05) is 0 Å². The van der Waals surface area contributed by atoms with Gasteiger partial charge >= 0.3 is 0 Å². The van der Waals surface area contributed by atoms with Gasteiger partial charge in [-0.1, -0.05) is 12.1 Å². The van der Waals surface area contributed by atoms with Crippen molar-refractivity contribution in [3.63, 3.8) is 0 Å². The molecule has 0 amide bonds. The van der Waals surface area contributed by atoms with Crippen LogP contribution in [0.2, 0.25) is 0 Å². The van der Waals surface area contributed by atoms with E-state index in [2.05, 4.69) is 31.2 Å². The van der Waals surface area contributed by atoms with Gasteiger partial charge in [-0.2, -0.15) is 0 Å². The molecule has 0 fully saturated rings. The molecule has 84 valence electrons. The Hall–Kier alpha value is -1.67. The first-order valence-electron chi connectivity index (χ1n) is 5.59. The predicted octanol–water partition coefficient (Wildman–Crippen LogP) is 4.57. The minimum atomic E-state index is 0.125. The topological polar surface area (TPSA) is 17.1 Å². The summed E-state index contributed by atoms with van der Waals surface area (Å²) >= 11 is 1.78. The van der Waals surface area contributed by atoms with Gasteiger partial charge in [-0.05, 0) is 43.7 Å². The number of benzene rings is 2. The summed E-state index contributed by atoms with van der Waals surface area (Å²) in [4.78, 5) is 11.4. The SMILES string of the molecule is CC(=O)c1ccc2sc3cccc(C)c3c2c1. The molecule has 0 spiro atoms. The zero-order valence-corrected chi connectivity index (χ0v) is 10.6. The van der Waals surface area contributed by atoms with Crippen LogP contribution in [0.1, 0.15) is 22.8 Å². The molecule has 2 heteroatoms. The Bertz CT molecular complexity index is 737. The van der Waals surface area contributed by atoms with Crippen LogP contribution in [0, 0.1) is 6.92 Å². The predicted molar refractivity (Wildman–Crippen MR) is 74.1 cm³/mol. The first kappa shape index (κ1) is 10.5. The van der Waals surface area contributed by atoms with E-state index in [1.165, 1.54) is 25.7 Å². The van der Waals surface area contributed by atoms with E-state index in [-0.39, 0.29) is 5.78 Å². The molecule has 0 atom stereocenters. The number of carbonyl (C=O) groups excluding carboxylic acids is 1. The summed E-state index contributed by atoms with van der Waals surface area (Å²) in [6.07, 6.45) is 0. The van der Waals surface area contributed by atoms with Crippen LogP contribution in [-0.4, -0.2) is 5.78 Å². The largest absolute Gasteiger partial charge is 0.295 e. The number of ketones is 1. The highest BCUT2D eigenvalue weighted by atomic mass is 32.1. The Morgan fingerprint density at radius 1 is 1.12 bits per heavy atom. The van der Waals surface area contributed by atoms with Gasteiger partial charge < -0.3 is 0 Å². The zero-order valence-electron chi connectivity index (χ0n) is 9.78. The van der Waals surface area contributed by atoms with E-state index in [1.807, 2.05) is 12.1 Å². The fourth-order valence-electron chi connectivity index (χ4n) is 2.22. The van der Waals surface area contributed by atoms with E-state index in [0.717, 1.165) is 5.56 Å². The smallest absolute Gasteiger partial charge is 0.159 e. The van der Waals surface area contributed by atoms with Crippen LogP contribution >= 0.6 is 11.3 Å². The van der Waals surface area contributed by atoms with Crippen molar-refractivity contribution in [2.24, 2.45) is 0 Å². The number of hydrogen-bond donors (Lipinski definition) is 0. The van der Waals surface area contributed by atoms with Crippen LogP contribution < -0.4 is 0 Å². The molecule has 1 heterocycles. The molecule has 0 aliphatic rings. The van der Waals surface area contributed by atoms with Crippen LogP contribution in [0.25, 0.3) is 20.2 Å². The molecule has 0 aliphatic carbocycles. The standard InChI is InChI=1S/C15H12OS/c1-9-4-3-5-14-15(9)12-8-11(10(2)16)6-7-13(12)17-14/h3-8H,1-2H3. The van der Waals surface area contributed by atoms with E-state index < -0.39 is 0 Å². The van der Waals surface area contributed by atoms with Gasteiger partial charge in [-0.25, -0.2) is 0 Å². The lowest BCUT2D eigenvalue weighted by atomic mass is 10.0. The number of hydrogen-bond acceptors (Lipinski definition) is 2. The summed E-state index contributed by atoms with van der Waals surface area (Å²) in [6.45, 7) is 3.73. The average molecular weight is 240 g/mol. The number of thiophene rings is 1. The maximum Gasteiger partial charge on any atom is 0.159 e. The molecule has 3 rings (SSSR count). The number of fused-ring (bicyclic) bond motifs is 3. The molecule has 0 saturated carbocycles. The van der Waals surface area contributed by atoms with E-state index in [4.69, 9.17) is 0 Å². The van der Waals surface area contributed by atoms with E-state index in [9.17, 15) is 4.79 Å². The molecule has 1 aromatic heterocycles. The molecular formula is C15H12OS. The van der Waals surface area contributed by atoms with Crippen molar-refractivity contribution in [3.05, 3.63) is 47.5 Å². The number of rotatable bonds is 1. The fraction of sp³-hybridized carbons (Fsp3) is 0.133. The van der Waals surface area contributed by atoms with Crippen LogP contribution in [0.15, 0.2) is 36.4 Å². The Kier molecular flexibility index (Phi) is 2.26. The van der Waals surface area contributed by atoms with Crippen molar-refractivity contribution in [1.29, 1.82) is 0 Å². The van der Waals surface area contributed by atoms with Gasteiger partial charge in [0.2, 0.25) is 0 Å². The number of carbonyl (C=O) groups is 1. The molecular weight excluding hydrogens is 228 g/mol. The van der Waals surface area contributed by atoms with Crippen molar-refractivity contribution >= 4 is 37.3 Å². The summed E-state index contributed by atoms with van der Waals surface area (Å²) in [7, 11) is 0. The third-order valence-electron chi connectivity index (χ3n) is 3.11. The summed E-state index contributed by atoms with van der Waals surface area (Å²) < 4.78 is 2.54. The van der Waals surface area contributed by atoms with Crippen LogP contribution in [0.3, 0.4) is 0 Å². The minimum absolute atomic E-state index is 0.125. The van der Waals surface area contributed by atoms with E-state index in [0.29, 0.717) is 0 Å². The Morgan fingerprint density at radius 3 is 2.71 bits per heavy atom. The Balaban J connectivity index is 2.48. The van der Waals surface area contributed by atoms with Crippen LogP contribution in [-0.2, 0) is 0 Å². The van der Waals surface area contributed by atoms with Gasteiger partial charge in [0, 0.05) is 25.7 Å². The van der Waals surface area contributed by atoms with Gasteiger partial charge in [0.1, 0.15) is 0 Å². The molecule has 0 radical (unpaired) electrons. The second kappa shape index (κ2) is 3.67. The maximum atomic E-state index is 11.4. The maximum absolute atomic E-state index is 11.4. The highest BCUT2D eigenvalue weighted by Gasteiger charge is 2.08. The highest BCUT2D eigenvalue weighted by Crippen LogP contribution is 2.36. The van der Waals surface area contributed by atoms with Gasteiger partial charge in [0.05, 0.1) is 0 Å². The first-order chi connectivity index (χ1) is 8.16. The van der Waals surface area contributed by atoms with Gasteiger partial charge in [-0.3, -0.25) is 4.79 Å². The van der Waals surface area contributed by atoms with Crippen molar-refractivity contribution in [1.82, 2.24) is 0 Å². The highest BCUT2D eigenvalue weighted by molar-refractivity contribution is 7.25. The van der Waals surface area contributed by atoms with Crippen molar-refractivity contribution in [2.45, 2.75) is 13.8 Å². The molecule has 0 N–H and O–H groups in total. The molecule has 0 bridgehead atoms. The van der Waals surface area contributed by atoms with Crippen molar-refractivity contribution < 1.29 is 4.79 Å². The van der Waals surface area contributed by atoms with Gasteiger partial charge in [-0.15, -0.1) is 11.3 Å². The van der Waals surface area contributed by atoms with E-state index >= 15 is 0 Å². The lowest BCUT2D eigenvalue weighted by molar-refractivity contribution is 0.101. The minimum Gasteiger partial charge on any atom is -0.295 e. The fourth-order valence-corrected chi connectivity index (χ4v) is 3.39. The quantitative estimate of drug-likeness (QED) is 0.570. The summed E-state index contributed by atoms with van der Waals surface area (Å²) in [5.41, 5.74) is 2.06. The van der Waals surface area contributed by atoms with E-state index in [1.54, 1.807) is 18.3 Å². The second-order valence-corrected chi connectivity index (χ2v) is 5.40. The second-order valence-electron chi connectivity index (χ2n) is 4.32. The summed E-state index contributed by atoms with van der Waals surface area (Å²) in [6, 6.07) is 12.3. The summed E-state index contributed by atoms with van der Waals surface area (Å²) in [5.74, 6) is 0.125. The molecule has 1 nitrogen and oxygen atoms in total. The third kappa shape index (κ3) is 1.56. The lowest BCUT2D eigenvalue weighted by Gasteiger charge is -1.98. The van der Waals surface area contributed by atoms with Crippen molar-refractivity contribution in [3.8, 4) is 0 Å². The molecule has 0 unspecified atom stereocenters. The van der Waals surface area contributed by atoms with Crippen LogP contribution in [0.4, 0.5) is 0 Å². The molecule has 2 aromatic carbocycles. The normalized spacial score (nSPS) is 11.2. The number of Topliss-reactive ketones (excluding diaryl/α,β-unsaturated/α-hetero) is 1. The molecule has 0 aliphatic heterocycles. The third-order valence-corrected chi connectivity index (χ3v) is 4.25. The monoisotopic (exact) mass is 240 g/mol. The van der Waals surface area contributed by atoms with Gasteiger partial charge in [0.25, 0.3) is 0 Å². The molecule has 17 heavy (non-hydrogen) atoms. The first-order valence-corrected chi connectivity index (χ1v) is 6.41.